The Morgan fingerprint density at radius 1 is 1.38 bits per heavy atom. The molecule has 7 nitrogen and oxygen atoms in total. The molecule has 1 aromatic carbocycles. The summed E-state index contributed by atoms with van der Waals surface area (Å²) in [5.74, 6) is -1.29. The number of nitrogens with one attached hydrogen (secondary N) is 1. The van der Waals surface area contributed by atoms with Crippen molar-refractivity contribution in [2.24, 2.45) is 11.7 Å². The summed E-state index contributed by atoms with van der Waals surface area (Å²) >= 11 is 0. The number of anilines is 2. The Morgan fingerprint density at radius 2 is 2.14 bits per heavy atom. The zero-order valence-corrected chi connectivity index (χ0v) is 16.0. The maximum Gasteiger partial charge on any atom is 0.253 e. The molecule has 1 aliphatic heterocycles. The molecule has 0 bridgehead atoms. The smallest absolute Gasteiger partial charge is 0.253 e. The number of amides is 2. The van der Waals surface area contributed by atoms with Crippen LogP contribution in [0, 0.1) is 11.7 Å². The maximum absolute atomic E-state index is 14.5. The van der Waals surface area contributed by atoms with Gasteiger partial charge in [0.05, 0.1) is 18.8 Å². The molecule has 2 amide bonds. The second-order valence-electron chi connectivity index (χ2n) is 7.29. The van der Waals surface area contributed by atoms with Crippen LogP contribution in [0.25, 0.3) is 0 Å². The van der Waals surface area contributed by atoms with Crippen LogP contribution >= 0.6 is 0 Å². The molecule has 1 heterocycles. The highest BCUT2D eigenvalue weighted by Crippen LogP contribution is 2.31. The van der Waals surface area contributed by atoms with Gasteiger partial charge in [0.25, 0.3) is 12.3 Å². The van der Waals surface area contributed by atoms with E-state index in [0.29, 0.717) is 19.1 Å². The molecule has 1 saturated carbocycles. The van der Waals surface area contributed by atoms with Crippen LogP contribution in [0.2, 0.25) is 0 Å². The second-order valence-corrected chi connectivity index (χ2v) is 7.29. The van der Waals surface area contributed by atoms with Gasteiger partial charge in [0.15, 0.2) is 0 Å². The molecule has 3 rings (SSSR count). The van der Waals surface area contributed by atoms with Crippen LogP contribution in [0.3, 0.4) is 0 Å². The van der Waals surface area contributed by atoms with E-state index in [4.69, 9.17) is 10.5 Å². The van der Waals surface area contributed by atoms with Gasteiger partial charge in [-0.3, -0.25) is 14.5 Å². The summed E-state index contributed by atoms with van der Waals surface area (Å²) < 4.78 is 45.4. The van der Waals surface area contributed by atoms with Gasteiger partial charge in [-0.15, -0.1) is 0 Å². The number of ether oxygens (including phenoxy) is 1. The van der Waals surface area contributed by atoms with Crippen LogP contribution in [-0.2, 0) is 14.3 Å². The third-order valence-electron chi connectivity index (χ3n) is 5.02. The highest BCUT2D eigenvalue weighted by atomic mass is 19.3. The Bertz CT molecular complexity index is 741. The van der Waals surface area contributed by atoms with E-state index in [1.165, 1.54) is 21.9 Å². The lowest BCUT2D eigenvalue weighted by Crippen LogP contribution is -2.51. The molecular weight excluding hydrogens is 389 g/mol. The average Bonchev–Trinajstić information content (AvgIpc) is 3.47. The van der Waals surface area contributed by atoms with Gasteiger partial charge < -0.3 is 20.7 Å². The van der Waals surface area contributed by atoms with Crippen LogP contribution in [0.1, 0.15) is 12.8 Å². The Hall–Kier alpha value is -2.17. The second kappa shape index (κ2) is 9.55. The largest absolute Gasteiger partial charge is 0.370 e. The van der Waals surface area contributed by atoms with Crippen molar-refractivity contribution in [2.45, 2.75) is 25.3 Å². The Balaban J connectivity index is 1.69. The number of morpholine rings is 1. The molecule has 1 aromatic rings. The topological polar surface area (TPSA) is 87.9 Å². The first kappa shape index (κ1) is 21.5. The zero-order valence-electron chi connectivity index (χ0n) is 16.0. The fraction of sp³-hybridized carbons (Fsp3) is 0.579. The predicted octanol–water partition coefficient (Wildman–Crippen LogP) is 1.43. The number of nitrogens with zero attached hydrogens (tertiary/aromatic N) is 2. The van der Waals surface area contributed by atoms with Crippen LogP contribution in [-0.4, -0.2) is 68.6 Å². The van der Waals surface area contributed by atoms with Crippen molar-refractivity contribution >= 4 is 23.2 Å². The van der Waals surface area contributed by atoms with Crippen molar-refractivity contribution < 1.29 is 27.5 Å². The molecule has 3 N–H and O–H groups in total. The average molecular weight is 414 g/mol. The molecule has 2 fully saturated rings. The predicted molar refractivity (Wildman–Crippen MR) is 101 cm³/mol. The molecule has 0 aromatic heterocycles. The number of carbonyl (C=O) groups is 2. The minimum absolute atomic E-state index is 0.0970. The van der Waals surface area contributed by atoms with E-state index in [9.17, 15) is 22.8 Å². The lowest BCUT2D eigenvalue weighted by atomic mass is 10.2. The normalized spacial score (nSPS) is 18.4. The lowest BCUT2D eigenvalue weighted by molar-refractivity contribution is -0.125. The molecule has 160 valence electrons. The highest BCUT2D eigenvalue weighted by molar-refractivity contribution is 5.97. The van der Waals surface area contributed by atoms with Crippen molar-refractivity contribution in [3.8, 4) is 0 Å². The summed E-state index contributed by atoms with van der Waals surface area (Å²) in [5.41, 5.74) is 5.95. The Morgan fingerprint density at radius 3 is 2.72 bits per heavy atom. The number of benzene rings is 1. The van der Waals surface area contributed by atoms with E-state index >= 15 is 0 Å². The van der Waals surface area contributed by atoms with Crippen molar-refractivity contribution in [1.29, 1.82) is 0 Å². The first-order valence-corrected chi connectivity index (χ1v) is 9.59. The van der Waals surface area contributed by atoms with Gasteiger partial charge in [-0.25, -0.2) is 13.2 Å². The van der Waals surface area contributed by atoms with E-state index in [2.05, 4.69) is 5.32 Å². The number of hydrogen-bond acceptors (Lipinski definition) is 5. The molecule has 10 heteroatoms. The molecular formula is C19H25F3N4O3. The standard InChI is InChI=1S/C19H25F3N4O3/c20-14-7-13(3-4-15(14)26-5-6-29-11-18(26)27)24-19(28)16(8-23)25(10-17(21)22)9-12-1-2-12/h3-4,7,12,16-17H,1-2,5-6,8-11,23H2,(H,24,28)/t16-/m1/s1. The molecule has 1 atom stereocenters. The summed E-state index contributed by atoms with van der Waals surface area (Å²) in [6.07, 6.45) is -0.685. The van der Waals surface area contributed by atoms with Crippen LogP contribution < -0.4 is 16.0 Å². The Kier molecular flexibility index (Phi) is 7.09. The summed E-state index contributed by atoms with van der Waals surface area (Å²) in [6.45, 7) is 0.138. The molecule has 0 unspecified atom stereocenters. The van der Waals surface area contributed by atoms with E-state index in [0.717, 1.165) is 18.9 Å². The van der Waals surface area contributed by atoms with Gasteiger partial charge in [0.1, 0.15) is 18.5 Å². The highest BCUT2D eigenvalue weighted by Gasteiger charge is 2.32. The quantitative estimate of drug-likeness (QED) is 0.638. The lowest BCUT2D eigenvalue weighted by Gasteiger charge is -2.30. The van der Waals surface area contributed by atoms with Gasteiger partial charge >= 0.3 is 0 Å². The summed E-state index contributed by atoms with van der Waals surface area (Å²) in [7, 11) is 0. The number of hydrogen-bond donors (Lipinski definition) is 2. The molecule has 2 aliphatic rings. The fourth-order valence-corrected chi connectivity index (χ4v) is 3.36. The zero-order chi connectivity index (χ0) is 21.0. The number of alkyl halides is 2. The Labute approximate surface area is 167 Å². The minimum Gasteiger partial charge on any atom is -0.370 e. The monoisotopic (exact) mass is 414 g/mol. The third-order valence-corrected chi connectivity index (χ3v) is 5.02. The molecule has 29 heavy (non-hydrogen) atoms. The van der Waals surface area contributed by atoms with Gasteiger partial charge in [-0.1, -0.05) is 0 Å². The van der Waals surface area contributed by atoms with Crippen molar-refractivity contribution in [3.05, 3.63) is 24.0 Å². The van der Waals surface area contributed by atoms with Crippen molar-refractivity contribution in [3.63, 3.8) is 0 Å². The minimum atomic E-state index is -2.58. The van der Waals surface area contributed by atoms with Gasteiger partial charge in [-0.2, -0.15) is 0 Å². The molecule has 0 spiro atoms. The van der Waals surface area contributed by atoms with Crippen molar-refractivity contribution in [2.75, 3.05) is 49.6 Å². The molecule has 1 saturated heterocycles. The fourth-order valence-electron chi connectivity index (χ4n) is 3.36. The van der Waals surface area contributed by atoms with Gasteiger partial charge in [0.2, 0.25) is 5.91 Å². The molecule has 1 aliphatic carbocycles. The van der Waals surface area contributed by atoms with Gasteiger partial charge in [-0.05, 0) is 37.0 Å². The van der Waals surface area contributed by atoms with Crippen LogP contribution in [0.4, 0.5) is 24.5 Å². The first-order chi connectivity index (χ1) is 13.9. The van der Waals surface area contributed by atoms with Crippen molar-refractivity contribution in [1.82, 2.24) is 4.90 Å². The first-order valence-electron chi connectivity index (χ1n) is 9.59. The number of nitrogens with two attached hydrogens (primary N) is 1. The van der Waals surface area contributed by atoms with Gasteiger partial charge in [0, 0.05) is 25.3 Å². The SMILES string of the molecule is NC[C@H](C(=O)Nc1ccc(N2CCOCC2=O)c(F)c1)N(CC(F)F)CC1CC1. The number of rotatable bonds is 9. The van der Waals surface area contributed by atoms with Crippen LogP contribution in [0.5, 0.6) is 0 Å². The number of halogens is 3. The van der Waals surface area contributed by atoms with E-state index in [1.807, 2.05) is 0 Å². The summed E-state index contributed by atoms with van der Waals surface area (Å²) in [4.78, 5) is 27.2. The third kappa shape index (κ3) is 5.68. The number of carbonyl (C=O) groups excluding carboxylic acids is 2. The van der Waals surface area contributed by atoms with E-state index in [-0.39, 0.29) is 37.0 Å². The van der Waals surface area contributed by atoms with E-state index in [1.54, 1.807) is 0 Å². The van der Waals surface area contributed by atoms with Crippen LogP contribution in [0.15, 0.2) is 18.2 Å². The summed E-state index contributed by atoms with van der Waals surface area (Å²) in [5, 5.41) is 2.55. The maximum atomic E-state index is 14.5. The summed E-state index contributed by atoms with van der Waals surface area (Å²) in [6, 6.07) is 3.02. The molecule has 0 radical (unpaired) electrons. The van der Waals surface area contributed by atoms with E-state index < -0.39 is 30.7 Å².